The van der Waals surface area contributed by atoms with Gasteiger partial charge in [-0.25, -0.2) is 0 Å². The molecule has 6 nitrogen and oxygen atoms in total. The number of hydrogen-bond acceptors (Lipinski definition) is 4. The standard InChI is InChI=1S/C22H19ClN4O2/c1-14-6-9-21(15(2)10-14)29-13-22(28)24-17-7-8-19-20(12-17)26-27(25-19)18-5-3-4-16(23)11-18/h3-12H,13H2,1-2H3,(H,24,28). The molecule has 4 aromatic rings. The summed E-state index contributed by atoms with van der Waals surface area (Å²) in [5, 5.41) is 12.4. The van der Waals surface area contributed by atoms with E-state index in [0.29, 0.717) is 22.0 Å². The van der Waals surface area contributed by atoms with Gasteiger partial charge < -0.3 is 10.1 Å². The van der Waals surface area contributed by atoms with E-state index in [9.17, 15) is 4.79 Å². The molecule has 3 aromatic carbocycles. The Kier molecular flexibility index (Phi) is 5.18. The van der Waals surface area contributed by atoms with Crippen LogP contribution in [0.3, 0.4) is 0 Å². The van der Waals surface area contributed by atoms with E-state index in [0.717, 1.165) is 22.3 Å². The number of carbonyl (C=O) groups excluding carboxylic acids is 1. The van der Waals surface area contributed by atoms with Crippen molar-refractivity contribution in [1.82, 2.24) is 15.0 Å². The molecule has 0 spiro atoms. The molecule has 0 unspecified atom stereocenters. The van der Waals surface area contributed by atoms with Crippen molar-refractivity contribution in [2.45, 2.75) is 13.8 Å². The van der Waals surface area contributed by atoms with Gasteiger partial charge in [-0.2, -0.15) is 4.80 Å². The molecule has 0 aliphatic rings. The van der Waals surface area contributed by atoms with Gasteiger partial charge in [-0.3, -0.25) is 4.79 Å². The number of anilines is 1. The highest BCUT2D eigenvalue weighted by molar-refractivity contribution is 6.30. The topological polar surface area (TPSA) is 69.0 Å². The number of aromatic nitrogens is 3. The van der Waals surface area contributed by atoms with Gasteiger partial charge in [0, 0.05) is 10.7 Å². The van der Waals surface area contributed by atoms with Crippen LogP contribution in [0.5, 0.6) is 5.75 Å². The number of halogens is 1. The number of benzene rings is 3. The molecule has 0 fully saturated rings. The monoisotopic (exact) mass is 406 g/mol. The van der Waals surface area contributed by atoms with Crippen LogP contribution in [0.25, 0.3) is 16.7 Å². The van der Waals surface area contributed by atoms with Crippen LogP contribution >= 0.6 is 11.6 Å². The Balaban J connectivity index is 1.46. The normalized spacial score (nSPS) is 10.9. The quantitative estimate of drug-likeness (QED) is 0.521. The zero-order chi connectivity index (χ0) is 20.4. The number of rotatable bonds is 5. The van der Waals surface area contributed by atoms with Crippen LogP contribution in [0.4, 0.5) is 5.69 Å². The lowest BCUT2D eigenvalue weighted by atomic mass is 10.1. The van der Waals surface area contributed by atoms with E-state index in [2.05, 4.69) is 15.5 Å². The van der Waals surface area contributed by atoms with Crippen molar-refractivity contribution in [1.29, 1.82) is 0 Å². The maximum atomic E-state index is 12.3. The van der Waals surface area contributed by atoms with Crippen molar-refractivity contribution in [2.24, 2.45) is 0 Å². The van der Waals surface area contributed by atoms with Gasteiger partial charge in [-0.15, -0.1) is 10.2 Å². The molecule has 0 aliphatic heterocycles. The third-order valence-corrected chi connectivity index (χ3v) is 4.63. The number of aryl methyl sites for hydroxylation is 2. The fourth-order valence-corrected chi connectivity index (χ4v) is 3.19. The van der Waals surface area contributed by atoms with E-state index in [4.69, 9.17) is 16.3 Å². The average Bonchev–Trinajstić information content (AvgIpc) is 3.11. The third kappa shape index (κ3) is 4.38. The van der Waals surface area contributed by atoms with Crippen LogP contribution in [0.1, 0.15) is 11.1 Å². The summed E-state index contributed by atoms with van der Waals surface area (Å²) in [5.74, 6) is 0.456. The van der Waals surface area contributed by atoms with E-state index in [1.807, 2.05) is 50.2 Å². The summed E-state index contributed by atoms with van der Waals surface area (Å²) in [4.78, 5) is 13.8. The predicted molar refractivity (Wildman–Crippen MR) is 114 cm³/mol. The van der Waals surface area contributed by atoms with Gasteiger partial charge in [0.2, 0.25) is 0 Å². The van der Waals surface area contributed by atoms with Crippen molar-refractivity contribution in [3.63, 3.8) is 0 Å². The minimum absolute atomic E-state index is 0.0723. The molecule has 0 radical (unpaired) electrons. The highest BCUT2D eigenvalue weighted by Gasteiger charge is 2.09. The summed E-state index contributed by atoms with van der Waals surface area (Å²) in [5.41, 5.74) is 4.92. The largest absolute Gasteiger partial charge is 0.483 e. The van der Waals surface area contributed by atoms with Crippen molar-refractivity contribution >= 4 is 34.2 Å². The molecule has 1 amide bonds. The zero-order valence-corrected chi connectivity index (χ0v) is 16.8. The van der Waals surface area contributed by atoms with E-state index in [1.54, 1.807) is 24.3 Å². The Labute approximate surface area is 173 Å². The van der Waals surface area contributed by atoms with Crippen LogP contribution in [0.15, 0.2) is 60.7 Å². The second kappa shape index (κ2) is 7.93. The van der Waals surface area contributed by atoms with Crippen molar-refractivity contribution in [3.8, 4) is 11.4 Å². The van der Waals surface area contributed by atoms with Crippen molar-refractivity contribution in [3.05, 3.63) is 76.8 Å². The molecule has 0 saturated carbocycles. The molecule has 146 valence electrons. The Morgan fingerprint density at radius 3 is 2.66 bits per heavy atom. The van der Waals surface area contributed by atoms with E-state index in [1.165, 1.54) is 4.80 Å². The summed E-state index contributed by atoms with van der Waals surface area (Å²) >= 11 is 6.04. The summed E-state index contributed by atoms with van der Waals surface area (Å²) in [6, 6.07) is 18.5. The first-order valence-corrected chi connectivity index (χ1v) is 9.49. The molecule has 1 N–H and O–H groups in total. The first-order valence-electron chi connectivity index (χ1n) is 9.11. The number of nitrogens with zero attached hydrogens (tertiary/aromatic N) is 3. The highest BCUT2D eigenvalue weighted by Crippen LogP contribution is 2.20. The van der Waals surface area contributed by atoms with Crippen LogP contribution in [0, 0.1) is 13.8 Å². The lowest BCUT2D eigenvalue weighted by Crippen LogP contribution is -2.20. The van der Waals surface area contributed by atoms with Gasteiger partial charge in [-0.1, -0.05) is 35.4 Å². The molecular weight excluding hydrogens is 388 g/mol. The number of nitrogens with one attached hydrogen (secondary N) is 1. The number of amides is 1. The molecular formula is C22H19ClN4O2. The van der Waals surface area contributed by atoms with Gasteiger partial charge in [0.1, 0.15) is 16.8 Å². The molecule has 0 atom stereocenters. The SMILES string of the molecule is Cc1ccc(OCC(=O)Nc2ccc3nn(-c4cccc(Cl)c4)nc3c2)c(C)c1. The molecule has 4 rings (SSSR count). The van der Waals surface area contributed by atoms with Gasteiger partial charge in [-0.05, 0) is 61.9 Å². The van der Waals surface area contributed by atoms with Gasteiger partial charge in [0.15, 0.2) is 6.61 Å². The molecule has 29 heavy (non-hydrogen) atoms. The predicted octanol–water partition coefficient (Wildman–Crippen LogP) is 4.71. The Bertz CT molecular complexity index is 1200. The minimum atomic E-state index is -0.244. The molecule has 1 aromatic heterocycles. The first kappa shape index (κ1) is 19.0. The molecule has 1 heterocycles. The Morgan fingerprint density at radius 2 is 1.86 bits per heavy atom. The summed E-state index contributed by atoms with van der Waals surface area (Å²) in [7, 11) is 0. The highest BCUT2D eigenvalue weighted by atomic mass is 35.5. The van der Waals surface area contributed by atoms with Gasteiger partial charge in [0.05, 0.1) is 5.69 Å². The van der Waals surface area contributed by atoms with Crippen LogP contribution in [-0.4, -0.2) is 27.5 Å². The second-order valence-electron chi connectivity index (χ2n) is 6.78. The smallest absolute Gasteiger partial charge is 0.262 e. The third-order valence-electron chi connectivity index (χ3n) is 4.39. The second-order valence-corrected chi connectivity index (χ2v) is 7.22. The fraction of sp³-hybridized carbons (Fsp3) is 0.136. The molecule has 7 heteroatoms. The number of fused-ring (bicyclic) bond motifs is 1. The minimum Gasteiger partial charge on any atom is -0.483 e. The maximum Gasteiger partial charge on any atom is 0.262 e. The number of ether oxygens (including phenoxy) is 1. The van der Waals surface area contributed by atoms with Crippen LogP contribution < -0.4 is 10.1 Å². The fourth-order valence-electron chi connectivity index (χ4n) is 3.01. The lowest BCUT2D eigenvalue weighted by molar-refractivity contribution is -0.118. The van der Waals surface area contributed by atoms with E-state index in [-0.39, 0.29) is 12.5 Å². The van der Waals surface area contributed by atoms with Gasteiger partial charge >= 0.3 is 0 Å². The first-order chi connectivity index (χ1) is 14.0. The van der Waals surface area contributed by atoms with E-state index < -0.39 is 0 Å². The zero-order valence-electron chi connectivity index (χ0n) is 16.0. The van der Waals surface area contributed by atoms with Crippen LogP contribution in [0.2, 0.25) is 5.02 Å². The Hall–Kier alpha value is -3.38. The molecule has 0 bridgehead atoms. The number of carbonyl (C=O) groups is 1. The van der Waals surface area contributed by atoms with Crippen molar-refractivity contribution in [2.75, 3.05) is 11.9 Å². The van der Waals surface area contributed by atoms with E-state index >= 15 is 0 Å². The molecule has 0 aliphatic carbocycles. The summed E-state index contributed by atoms with van der Waals surface area (Å²) in [6.07, 6.45) is 0. The maximum absolute atomic E-state index is 12.3. The summed E-state index contributed by atoms with van der Waals surface area (Å²) < 4.78 is 5.63. The number of hydrogen-bond donors (Lipinski definition) is 1. The Morgan fingerprint density at radius 1 is 1.03 bits per heavy atom. The lowest BCUT2D eigenvalue weighted by Gasteiger charge is -2.10. The average molecular weight is 407 g/mol. The van der Waals surface area contributed by atoms with Gasteiger partial charge in [0.25, 0.3) is 5.91 Å². The van der Waals surface area contributed by atoms with Crippen molar-refractivity contribution < 1.29 is 9.53 Å². The molecule has 0 saturated heterocycles. The summed E-state index contributed by atoms with van der Waals surface area (Å²) in [6.45, 7) is 3.90. The van der Waals surface area contributed by atoms with Crippen LogP contribution in [-0.2, 0) is 4.79 Å².